The van der Waals surface area contributed by atoms with Crippen LogP contribution in [-0.4, -0.2) is 32.8 Å². The van der Waals surface area contributed by atoms with E-state index >= 15 is 0 Å². The summed E-state index contributed by atoms with van der Waals surface area (Å²) < 4.78 is 10.4. The number of hydrogen-bond acceptors (Lipinski definition) is 7. The first kappa shape index (κ1) is 20.2. The molecule has 1 N–H and O–H groups in total. The van der Waals surface area contributed by atoms with E-state index < -0.39 is 17.4 Å². The molecule has 1 aliphatic heterocycles. The van der Waals surface area contributed by atoms with Crippen LogP contribution in [0, 0.1) is 6.92 Å². The van der Waals surface area contributed by atoms with Crippen molar-refractivity contribution in [1.29, 1.82) is 0 Å². The minimum absolute atomic E-state index is 0.0428. The average Bonchev–Trinajstić information content (AvgIpc) is 3.53. The standard InChI is InChI=1S/C23H22N4O5/c1-14-24-22(26-32-14)23(9-3-2-4-10-23)25-19(28)15-7-8-17-18(12-15)21(30)27(20(17)29)13-16-6-5-11-31-16/h5-8,11-12H,2-4,9-10,13H2,1H3,(H,25,28). The molecule has 0 saturated heterocycles. The van der Waals surface area contributed by atoms with Gasteiger partial charge in [-0.2, -0.15) is 4.98 Å². The van der Waals surface area contributed by atoms with Crippen molar-refractivity contribution < 1.29 is 23.3 Å². The first-order valence-corrected chi connectivity index (χ1v) is 10.6. The summed E-state index contributed by atoms with van der Waals surface area (Å²) in [4.78, 5) is 44.3. The smallest absolute Gasteiger partial charge is 0.261 e. The van der Waals surface area contributed by atoms with Gasteiger partial charge in [0.15, 0.2) is 5.82 Å². The second-order valence-corrected chi connectivity index (χ2v) is 8.27. The second-order valence-electron chi connectivity index (χ2n) is 8.27. The number of aromatic nitrogens is 2. The van der Waals surface area contributed by atoms with Crippen molar-refractivity contribution in [3.63, 3.8) is 0 Å². The molecular formula is C23H22N4O5. The molecule has 5 rings (SSSR count). The summed E-state index contributed by atoms with van der Waals surface area (Å²) in [6.45, 7) is 1.76. The van der Waals surface area contributed by atoms with Gasteiger partial charge in [-0.25, -0.2) is 0 Å². The molecule has 0 spiro atoms. The Bertz CT molecular complexity index is 1190. The molecule has 0 radical (unpaired) electrons. The van der Waals surface area contributed by atoms with Gasteiger partial charge in [0.1, 0.15) is 11.3 Å². The predicted octanol–water partition coefficient (Wildman–Crippen LogP) is 3.36. The molecule has 0 unspecified atom stereocenters. The highest BCUT2D eigenvalue weighted by Gasteiger charge is 2.41. The van der Waals surface area contributed by atoms with Gasteiger partial charge >= 0.3 is 0 Å². The topological polar surface area (TPSA) is 119 Å². The van der Waals surface area contributed by atoms with Crippen LogP contribution in [0.15, 0.2) is 45.5 Å². The van der Waals surface area contributed by atoms with Gasteiger partial charge in [-0.1, -0.05) is 24.4 Å². The van der Waals surface area contributed by atoms with Crippen LogP contribution in [-0.2, 0) is 12.1 Å². The van der Waals surface area contributed by atoms with Crippen LogP contribution in [0.3, 0.4) is 0 Å². The minimum atomic E-state index is -0.711. The molecule has 3 heterocycles. The molecule has 1 fully saturated rings. The fourth-order valence-electron chi connectivity index (χ4n) is 4.48. The Morgan fingerprint density at radius 3 is 2.59 bits per heavy atom. The largest absolute Gasteiger partial charge is 0.467 e. The van der Waals surface area contributed by atoms with Gasteiger partial charge in [0, 0.05) is 12.5 Å². The lowest BCUT2D eigenvalue weighted by Crippen LogP contribution is -2.48. The Balaban J connectivity index is 1.40. The molecule has 2 aliphatic rings. The number of rotatable bonds is 5. The molecule has 0 atom stereocenters. The highest BCUT2D eigenvalue weighted by Crippen LogP contribution is 2.36. The van der Waals surface area contributed by atoms with Gasteiger partial charge in [0.25, 0.3) is 17.7 Å². The number of imide groups is 1. The van der Waals surface area contributed by atoms with Crippen molar-refractivity contribution in [2.75, 3.05) is 0 Å². The van der Waals surface area contributed by atoms with Crippen molar-refractivity contribution in [3.8, 4) is 0 Å². The first-order valence-electron chi connectivity index (χ1n) is 10.6. The zero-order chi connectivity index (χ0) is 22.3. The summed E-state index contributed by atoms with van der Waals surface area (Å²) >= 11 is 0. The van der Waals surface area contributed by atoms with Crippen molar-refractivity contribution in [2.45, 2.75) is 51.1 Å². The summed E-state index contributed by atoms with van der Waals surface area (Å²) in [6, 6.07) is 7.96. The fraction of sp³-hybridized carbons (Fsp3) is 0.348. The Morgan fingerprint density at radius 1 is 1.12 bits per heavy atom. The lowest BCUT2D eigenvalue weighted by molar-refractivity contribution is 0.0631. The van der Waals surface area contributed by atoms with Crippen LogP contribution in [0.1, 0.15) is 80.7 Å². The van der Waals surface area contributed by atoms with Gasteiger partial charge in [0.2, 0.25) is 5.89 Å². The quantitative estimate of drug-likeness (QED) is 0.612. The van der Waals surface area contributed by atoms with E-state index in [0.29, 0.717) is 35.9 Å². The van der Waals surface area contributed by atoms with Gasteiger partial charge in [-0.05, 0) is 43.2 Å². The molecule has 2 aromatic heterocycles. The highest BCUT2D eigenvalue weighted by molar-refractivity contribution is 6.22. The Morgan fingerprint density at radius 2 is 1.91 bits per heavy atom. The van der Waals surface area contributed by atoms with E-state index in [9.17, 15) is 14.4 Å². The summed E-state index contributed by atoms with van der Waals surface area (Å²) in [5, 5.41) is 7.16. The maximum Gasteiger partial charge on any atom is 0.261 e. The number of carbonyl (C=O) groups is 3. The van der Waals surface area contributed by atoms with Gasteiger partial charge in [-0.3, -0.25) is 19.3 Å². The fourth-order valence-corrected chi connectivity index (χ4v) is 4.48. The number of hydrogen-bond donors (Lipinski definition) is 1. The Labute approximate surface area is 183 Å². The number of benzene rings is 1. The number of fused-ring (bicyclic) bond motifs is 1. The Kier molecular flexibility index (Phi) is 4.88. The molecule has 9 heteroatoms. The number of furan rings is 1. The van der Waals surface area contributed by atoms with E-state index in [1.165, 1.54) is 18.4 Å². The number of carbonyl (C=O) groups excluding carboxylic acids is 3. The molecule has 9 nitrogen and oxygen atoms in total. The van der Waals surface area contributed by atoms with Crippen molar-refractivity contribution in [3.05, 3.63) is 70.8 Å². The minimum Gasteiger partial charge on any atom is -0.467 e. The predicted molar refractivity (Wildman–Crippen MR) is 111 cm³/mol. The molecule has 164 valence electrons. The van der Waals surface area contributed by atoms with E-state index in [-0.39, 0.29) is 23.6 Å². The molecule has 1 aromatic carbocycles. The van der Waals surface area contributed by atoms with Gasteiger partial charge in [-0.15, -0.1) is 0 Å². The van der Waals surface area contributed by atoms with Gasteiger partial charge in [0.05, 0.1) is 23.9 Å². The lowest BCUT2D eigenvalue weighted by Gasteiger charge is -2.35. The SMILES string of the molecule is Cc1nc(C2(NC(=O)c3ccc4c(c3)C(=O)N(Cc3ccco3)C4=O)CCCCC2)no1. The molecule has 0 bridgehead atoms. The highest BCUT2D eigenvalue weighted by atomic mass is 16.5. The second kappa shape index (κ2) is 7.74. The molecule has 32 heavy (non-hydrogen) atoms. The third kappa shape index (κ3) is 3.39. The molecule has 1 aliphatic carbocycles. The van der Waals surface area contributed by atoms with Crippen LogP contribution < -0.4 is 5.32 Å². The van der Waals surface area contributed by atoms with E-state index in [1.807, 2.05) is 0 Å². The van der Waals surface area contributed by atoms with Crippen LogP contribution in [0.2, 0.25) is 0 Å². The zero-order valence-corrected chi connectivity index (χ0v) is 17.6. The third-order valence-electron chi connectivity index (χ3n) is 6.14. The number of nitrogens with one attached hydrogen (secondary N) is 1. The van der Waals surface area contributed by atoms with Crippen LogP contribution in [0.5, 0.6) is 0 Å². The van der Waals surface area contributed by atoms with Crippen molar-refractivity contribution in [2.24, 2.45) is 0 Å². The maximum atomic E-state index is 13.2. The molecule has 1 saturated carbocycles. The maximum absolute atomic E-state index is 13.2. The average molecular weight is 434 g/mol. The number of aryl methyl sites for hydroxylation is 1. The van der Waals surface area contributed by atoms with Crippen molar-refractivity contribution in [1.82, 2.24) is 20.4 Å². The van der Waals surface area contributed by atoms with E-state index in [2.05, 4.69) is 15.5 Å². The third-order valence-corrected chi connectivity index (χ3v) is 6.14. The van der Waals surface area contributed by atoms with E-state index in [0.717, 1.165) is 24.2 Å². The summed E-state index contributed by atoms with van der Waals surface area (Å²) in [7, 11) is 0. The number of amides is 3. The summed E-state index contributed by atoms with van der Waals surface area (Å²) in [5.74, 6) is 0.225. The Hall–Kier alpha value is -3.75. The monoisotopic (exact) mass is 434 g/mol. The van der Waals surface area contributed by atoms with E-state index in [4.69, 9.17) is 8.94 Å². The molecule has 3 aromatic rings. The normalized spacial score (nSPS) is 17.5. The first-order chi connectivity index (χ1) is 15.5. The van der Waals surface area contributed by atoms with Crippen LogP contribution in [0.4, 0.5) is 0 Å². The number of nitrogens with zero attached hydrogens (tertiary/aromatic N) is 3. The lowest BCUT2D eigenvalue weighted by atomic mass is 9.80. The molecule has 3 amide bonds. The van der Waals surface area contributed by atoms with Crippen LogP contribution in [0.25, 0.3) is 0 Å². The zero-order valence-electron chi connectivity index (χ0n) is 17.6. The van der Waals surface area contributed by atoms with Crippen LogP contribution >= 0.6 is 0 Å². The van der Waals surface area contributed by atoms with Crippen molar-refractivity contribution >= 4 is 17.7 Å². The molecular weight excluding hydrogens is 412 g/mol. The van der Waals surface area contributed by atoms with E-state index in [1.54, 1.807) is 25.1 Å². The van der Waals surface area contributed by atoms with Gasteiger partial charge < -0.3 is 14.3 Å². The summed E-state index contributed by atoms with van der Waals surface area (Å²) in [6.07, 6.45) is 5.85. The summed E-state index contributed by atoms with van der Waals surface area (Å²) in [5.41, 5.74) is 0.0774.